The van der Waals surface area contributed by atoms with Crippen LogP contribution in [0.25, 0.3) is 55.8 Å². The lowest BCUT2D eigenvalue weighted by Crippen LogP contribution is -2.69. The van der Waals surface area contributed by atoms with E-state index >= 15 is 4.57 Å². The molecule has 3 aliphatic heterocycles. The Bertz CT molecular complexity index is 8290. The normalized spacial score (nSPS) is 26.1. The van der Waals surface area contributed by atoms with E-state index in [0.717, 1.165) is 28.8 Å². The number of aryl methyl sites for hydroxylation is 16. The van der Waals surface area contributed by atoms with Crippen molar-refractivity contribution in [2.24, 2.45) is 75.9 Å². The lowest BCUT2D eigenvalue weighted by Gasteiger charge is -2.73. The highest BCUT2D eigenvalue weighted by molar-refractivity contribution is 7.67. The smallest absolute Gasteiger partial charge is 0.243 e. The molecule has 10 aromatic carbocycles. The molecule has 0 amide bonds. The van der Waals surface area contributed by atoms with Gasteiger partial charge in [-0.25, -0.2) is 0 Å². The number of aromatic nitrogens is 3. The number of fused-ring (bicyclic) bond motifs is 21. The van der Waals surface area contributed by atoms with Gasteiger partial charge in [-0.15, -0.1) is 0 Å². The van der Waals surface area contributed by atoms with Crippen molar-refractivity contribution in [2.45, 2.75) is 167 Å². The molecule has 0 N–H and O–H groups in total. The lowest BCUT2D eigenvalue weighted by molar-refractivity contribution is 0.0217. The zero-order chi connectivity index (χ0) is 103. The Kier molecular flexibility index (Phi) is 22.5. The molecule has 732 valence electrons. The van der Waals surface area contributed by atoms with Gasteiger partial charge >= 0.3 is 0 Å². The number of rotatable bonds is 15. The van der Waals surface area contributed by atoms with E-state index in [2.05, 4.69) is 473 Å². The minimum atomic E-state index is -3.40. The van der Waals surface area contributed by atoms with Crippen molar-refractivity contribution in [3.05, 3.63) is 497 Å². The van der Waals surface area contributed by atoms with Gasteiger partial charge in [0.15, 0.2) is 0 Å². The molecule has 2 saturated carbocycles. The van der Waals surface area contributed by atoms with Gasteiger partial charge < -0.3 is 4.57 Å². The summed E-state index contributed by atoms with van der Waals surface area (Å²) in [4.78, 5) is 15.6. The van der Waals surface area contributed by atoms with Gasteiger partial charge in [0, 0.05) is 81.5 Å². The van der Waals surface area contributed by atoms with Crippen molar-refractivity contribution >= 4 is 76.4 Å². The molecule has 26 rings (SSSR count). The van der Waals surface area contributed by atoms with Crippen molar-refractivity contribution in [3.63, 3.8) is 0 Å². The number of nitrogens with zero attached hydrogens (tertiary/aromatic N) is 3. The van der Waals surface area contributed by atoms with Crippen LogP contribution in [0.15, 0.2) is 369 Å². The van der Waals surface area contributed by atoms with E-state index in [1.165, 1.54) is 233 Å². The van der Waals surface area contributed by atoms with Crippen molar-refractivity contribution in [3.8, 4) is 55.8 Å². The monoisotopic (exact) mass is 1950 g/mol. The van der Waals surface area contributed by atoms with Crippen LogP contribution in [0, 0.1) is 214 Å². The summed E-state index contributed by atoms with van der Waals surface area (Å²) in [5, 5.41) is 0. The minimum Gasteiger partial charge on any atom is -0.322 e. The van der Waals surface area contributed by atoms with E-state index in [1.807, 2.05) is 12.4 Å². The van der Waals surface area contributed by atoms with Crippen LogP contribution in [0.2, 0.25) is 0 Å². The summed E-state index contributed by atoms with van der Waals surface area (Å²) in [6, 6.07) is 66.4. The third kappa shape index (κ3) is 13.5. The number of hydrogen-bond donors (Lipinski definition) is 0. The fourth-order valence-corrected chi connectivity index (χ4v) is 41.3. The van der Waals surface area contributed by atoms with Crippen LogP contribution in [-0.2, 0) is 16.4 Å². The highest BCUT2D eigenvalue weighted by Crippen LogP contribution is 2.91. The second-order valence-corrected chi connectivity index (χ2v) is 50.5. The van der Waals surface area contributed by atoms with Crippen LogP contribution in [-0.4, -0.2) is 52.1 Å². The summed E-state index contributed by atoms with van der Waals surface area (Å²) in [6.07, 6.45) is 72.0. The van der Waals surface area contributed by atoms with Crippen molar-refractivity contribution in [1.82, 2.24) is 15.0 Å². The second-order valence-electron chi connectivity index (χ2n) is 47.3. The fourth-order valence-electron chi connectivity index (χ4n) is 35.5. The Morgan fingerprint density at radius 3 is 1.16 bits per heavy atom. The Labute approximate surface area is 885 Å². The maximum absolute atomic E-state index is 19.5. The van der Waals surface area contributed by atoms with Gasteiger partial charge in [0.2, 0.25) is 20.1 Å². The van der Waals surface area contributed by atoms with Crippen LogP contribution in [0.1, 0.15) is 128 Å². The summed E-state index contributed by atoms with van der Waals surface area (Å²) in [5.41, 5.74) is 57.2. The maximum atomic E-state index is 19.5. The molecule has 3 saturated heterocycles. The molecule has 10 aliphatic carbocycles. The molecule has 13 aliphatic rings. The summed E-state index contributed by atoms with van der Waals surface area (Å²) >= 11 is 0. The zero-order valence-electron chi connectivity index (χ0n) is 90.1. The van der Waals surface area contributed by atoms with Crippen molar-refractivity contribution < 1.29 is 4.57 Å². The van der Waals surface area contributed by atoms with Crippen LogP contribution in [0.3, 0.4) is 0 Å². The van der Waals surface area contributed by atoms with E-state index < -0.39 is 12.6 Å². The highest BCUT2D eigenvalue weighted by atomic mass is 31.2. The van der Waals surface area contributed by atoms with E-state index in [9.17, 15) is 0 Å². The summed E-state index contributed by atoms with van der Waals surface area (Å²) < 4.78 is 19.5. The first kappa shape index (κ1) is 95.1. The van der Waals surface area contributed by atoms with Crippen molar-refractivity contribution in [2.75, 3.05) is 0 Å². The van der Waals surface area contributed by atoms with Crippen molar-refractivity contribution in [1.29, 1.82) is 0 Å². The lowest BCUT2D eigenvalue weighted by atomic mass is 9.32. The molecule has 0 radical (unpaired) electrons. The molecule has 8 heteroatoms. The number of allylic oxidation sites excluding steroid dienone is 28. The Morgan fingerprint density at radius 2 is 0.685 bits per heavy atom. The van der Waals surface area contributed by atoms with Crippen LogP contribution >= 0.6 is 7.14 Å². The molecular formula is C141H133B3N3OP. The van der Waals surface area contributed by atoms with Gasteiger partial charge in [0.1, 0.15) is 7.14 Å². The van der Waals surface area contributed by atoms with Crippen LogP contribution in [0.4, 0.5) is 0 Å². The van der Waals surface area contributed by atoms with Gasteiger partial charge in [-0.05, 0) is 328 Å². The highest BCUT2D eigenvalue weighted by Gasteiger charge is 2.83. The molecule has 3 aromatic heterocycles. The minimum absolute atomic E-state index is 0.00481. The maximum Gasteiger partial charge on any atom is 0.243 e. The average molecular weight is 1950 g/mol. The van der Waals surface area contributed by atoms with E-state index in [1.54, 1.807) is 0 Å². The van der Waals surface area contributed by atoms with Gasteiger partial charge in [-0.1, -0.05) is 425 Å². The number of benzene rings is 10. The molecule has 6 heterocycles. The molecule has 13 aromatic rings. The standard InChI is InChI=1S/C141H133B3N3OP/c1-79-64-85(7)129(86(8)65-79)142(130-87(9)66-80(2)67-88(130)10)104-56-58-105(59-57-104)143(131-89(11)68-81(3)69-90(131)12)132-91(13)72-84(6)127(97(132)19)124-61-55-102(78-147-124)126-83(5)71-93(15)134(96(126)18)144(133-92(14)70-82(4)125(95(133)17)100-36-34-62-145-76-100)135-94(16)73-103(128(98(135)20)101-37-35-63-146-77-101)74-99-54-60-117-111(75-99)110-42-25-30-47-116(110)141(117)122-52-32-50-120-137(122)149(148)136-118(139(120)112-43-26-21-38-106(112)107-39-22-27-44-113(107)139)48-31-49-119(136)140(121-51-33-53-123(141)138(121)149)114-45-28-23-40-108(114)109-41-24-29-46-115(109)140/h21-73,75-78,106-107,110-113,116-118,122-123,136-138H,74H2,1-20H3. The van der Waals surface area contributed by atoms with Gasteiger partial charge in [0.05, 0.1) is 11.1 Å². The molecule has 0 bridgehead atoms. The van der Waals surface area contributed by atoms with Crippen LogP contribution in [0.5, 0.6) is 0 Å². The second kappa shape index (κ2) is 35.3. The number of hydrogen-bond acceptors (Lipinski definition) is 4. The first-order chi connectivity index (χ1) is 72.1. The third-order valence-corrected chi connectivity index (χ3v) is 44.0. The molecule has 3 spiro atoms. The summed E-state index contributed by atoms with van der Waals surface area (Å²) in [5.74, 6) is 1.60. The summed E-state index contributed by atoms with van der Waals surface area (Å²) in [6.45, 7) is 46.4. The largest absolute Gasteiger partial charge is 0.322 e. The van der Waals surface area contributed by atoms with E-state index in [0.29, 0.717) is 11.8 Å². The molecule has 4 nitrogen and oxygen atoms in total. The Hall–Kier alpha value is -13.6. The third-order valence-electron chi connectivity index (χ3n) is 39.6. The molecule has 16 unspecified atom stereocenters. The fraction of sp³-hybridized carbons (Fsp3) is 0.270. The SMILES string of the molecule is Cc1cc(C)c(B(c2ccc(B(c3c(C)cc(C)cc3C)c3c(C)cc(C)c(-c4ccc(-c5c(C)cc(C)c(B(c6c(C)cc(C)c(-c7cccnc7)c6C)c6c(C)cc(CC7=CC8C9C=CC=CC9C9(C8C=C7)C7C=CC=C8C7P7(=O)C%10C(=CC=CC%10C%10(C%11=CC=CC9C%117)C7C=CC=CC7C7C=CC=CC7%10)C87c8ccccc8-c8ccccc87)c(-c7cccnc7)c6C)c5C)cn4)c3C)cc2)c2c(C)cc(C)cc2C)c(C)c1. The first-order valence-electron chi connectivity index (χ1n) is 55.0. The topological polar surface area (TPSA) is 55.7 Å². The van der Waals surface area contributed by atoms with E-state index in [4.69, 9.17) is 15.0 Å². The van der Waals surface area contributed by atoms with Crippen LogP contribution < -0.4 is 49.2 Å². The number of pyridine rings is 3. The zero-order valence-corrected chi connectivity index (χ0v) is 91.0. The molecule has 149 heavy (non-hydrogen) atoms. The summed E-state index contributed by atoms with van der Waals surface area (Å²) in [7, 11) is -3.40. The molecule has 5 fully saturated rings. The molecule has 16 atom stereocenters. The molecular weight excluding hydrogens is 1810 g/mol. The van der Waals surface area contributed by atoms with Gasteiger partial charge in [0.25, 0.3) is 0 Å². The Morgan fingerprint density at radius 1 is 0.309 bits per heavy atom. The average Bonchev–Trinajstić information content (AvgIpc) is 1.52. The predicted octanol–water partition coefficient (Wildman–Crippen LogP) is 26.4. The van der Waals surface area contributed by atoms with Gasteiger partial charge in [-0.3, -0.25) is 15.0 Å². The quantitative estimate of drug-likeness (QED) is 0.0758. The first-order valence-corrected chi connectivity index (χ1v) is 57.0. The van der Waals surface area contributed by atoms with Gasteiger partial charge in [-0.2, -0.15) is 0 Å². The Balaban J connectivity index is 0.600. The van der Waals surface area contributed by atoms with E-state index in [-0.39, 0.29) is 101 Å². The predicted molar refractivity (Wildman–Crippen MR) is 631 cm³/mol.